The summed E-state index contributed by atoms with van der Waals surface area (Å²) in [6.45, 7) is 0.875. The maximum Gasteiger partial charge on any atom is 0.303 e. The van der Waals surface area contributed by atoms with E-state index >= 15 is 0 Å². The van der Waals surface area contributed by atoms with Gasteiger partial charge in [-0.1, -0.05) is 19.3 Å². The van der Waals surface area contributed by atoms with E-state index in [9.17, 15) is 9.59 Å². The van der Waals surface area contributed by atoms with Crippen molar-refractivity contribution in [2.75, 3.05) is 20.3 Å². The van der Waals surface area contributed by atoms with Gasteiger partial charge in [0.1, 0.15) is 18.1 Å². The first-order valence-electron chi connectivity index (χ1n) is 8.61. The minimum absolute atomic E-state index is 0.112. The Balaban J connectivity index is 1.70. The van der Waals surface area contributed by atoms with Crippen molar-refractivity contribution in [3.8, 4) is 11.5 Å². The van der Waals surface area contributed by atoms with Crippen molar-refractivity contribution in [2.45, 2.75) is 38.5 Å². The number of amides is 1. The largest absolute Gasteiger partial charge is 0.497 e. The monoisotopic (exact) mass is 347 g/mol. The third kappa shape index (κ3) is 6.14. The molecule has 2 rings (SSSR count). The molecule has 0 unspecified atom stereocenters. The molecule has 136 valence electrons. The molecule has 0 saturated heterocycles. The first-order chi connectivity index (χ1) is 12.1. The van der Waals surface area contributed by atoms with E-state index in [1.807, 2.05) is 24.3 Å². The van der Waals surface area contributed by atoms with E-state index in [1.165, 1.54) is 0 Å². The highest BCUT2D eigenvalue weighted by molar-refractivity contribution is 5.99. The summed E-state index contributed by atoms with van der Waals surface area (Å²) in [7, 11) is 1.60. The van der Waals surface area contributed by atoms with Crippen LogP contribution in [0.25, 0.3) is 6.08 Å². The maximum atomic E-state index is 12.2. The van der Waals surface area contributed by atoms with Crippen LogP contribution in [0.5, 0.6) is 11.5 Å². The van der Waals surface area contributed by atoms with Gasteiger partial charge in [-0.25, -0.2) is 0 Å². The number of carboxylic acids is 1. The summed E-state index contributed by atoms with van der Waals surface area (Å²) in [4.78, 5) is 22.6. The van der Waals surface area contributed by atoms with Gasteiger partial charge in [0.25, 0.3) is 5.91 Å². The second kappa shape index (κ2) is 9.71. The normalized spacial score (nSPS) is 12.6. The Bertz CT molecular complexity index is 639. The average molecular weight is 347 g/mol. The number of rotatable bonds is 10. The number of carbonyl (C=O) groups excluding carboxylic acids is 1. The third-order valence-electron chi connectivity index (χ3n) is 4.07. The lowest BCUT2D eigenvalue weighted by atomic mass is 10.1. The molecule has 6 nitrogen and oxygen atoms in total. The predicted octanol–water partition coefficient (Wildman–Crippen LogP) is 3.01. The van der Waals surface area contributed by atoms with E-state index in [2.05, 4.69) is 5.32 Å². The number of hydrogen-bond acceptors (Lipinski definition) is 4. The molecule has 0 saturated carbocycles. The molecular weight excluding hydrogens is 322 g/mol. The summed E-state index contributed by atoms with van der Waals surface area (Å²) in [5, 5.41) is 11.5. The van der Waals surface area contributed by atoms with Crippen LogP contribution in [0, 0.1) is 0 Å². The van der Waals surface area contributed by atoms with Crippen LogP contribution < -0.4 is 14.8 Å². The number of ether oxygens (including phenoxy) is 2. The summed E-state index contributed by atoms with van der Waals surface area (Å²) in [5.41, 5.74) is 1.44. The van der Waals surface area contributed by atoms with Gasteiger partial charge < -0.3 is 19.9 Å². The maximum absolute atomic E-state index is 12.2. The van der Waals surface area contributed by atoms with Crippen molar-refractivity contribution < 1.29 is 24.2 Å². The average Bonchev–Trinajstić information content (AvgIpc) is 2.62. The Labute approximate surface area is 147 Å². The second-order valence-corrected chi connectivity index (χ2v) is 6.03. The Kier molecular flexibility index (Phi) is 7.32. The standard InChI is InChI=1S/C19H25NO5/c1-24-16-8-9-17-14(12-16)11-15(13-25-17)19(23)20-10-6-4-2-3-5-7-18(21)22/h8-9,11-12H,2-7,10,13H2,1H3,(H,20,23)(H,21,22). The zero-order valence-electron chi connectivity index (χ0n) is 14.5. The molecular formula is C19H25NO5. The zero-order valence-corrected chi connectivity index (χ0v) is 14.5. The molecule has 0 atom stereocenters. The molecule has 0 spiro atoms. The van der Waals surface area contributed by atoms with E-state index in [0.717, 1.165) is 49.2 Å². The zero-order chi connectivity index (χ0) is 18.1. The van der Waals surface area contributed by atoms with Crippen LogP contribution in [0.3, 0.4) is 0 Å². The van der Waals surface area contributed by atoms with E-state index in [0.29, 0.717) is 12.1 Å². The van der Waals surface area contributed by atoms with Gasteiger partial charge in [-0.15, -0.1) is 0 Å². The number of hydrogen-bond donors (Lipinski definition) is 2. The van der Waals surface area contributed by atoms with Crippen LogP contribution in [-0.2, 0) is 9.59 Å². The lowest BCUT2D eigenvalue weighted by Gasteiger charge is -2.18. The number of carboxylic acid groups (broad SMARTS) is 1. The fourth-order valence-corrected chi connectivity index (χ4v) is 2.66. The molecule has 0 aromatic heterocycles. The molecule has 1 aromatic rings. The van der Waals surface area contributed by atoms with Gasteiger partial charge >= 0.3 is 5.97 Å². The fourth-order valence-electron chi connectivity index (χ4n) is 2.66. The van der Waals surface area contributed by atoms with E-state index in [-0.39, 0.29) is 18.9 Å². The summed E-state index contributed by atoms with van der Waals surface area (Å²) < 4.78 is 10.8. The van der Waals surface area contributed by atoms with Crippen LogP contribution >= 0.6 is 0 Å². The van der Waals surface area contributed by atoms with Crippen molar-refractivity contribution in [3.05, 3.63) is 29.3 Å². The number of nitrogens with one attached hydrogen (secondary N) is 1. The number of methoxy groups -OCH3 is 1. The minimum Gasteiger partial charge on any atom is -0.497 e. The number of fused-ring (bicyclic) bond motifs is 1. The van der Waals surface area contributed by atoms with Gasteiger partial charge in [-0.3, -0.25) is 9.59 Å². The molecule has 1 heterocycles. The highest BCUT2D eigenvalue weighted by atomic mass is 16.5. The first-order valence-corrected chi connectivity index (χ1v) is 8.61. The SMILES string of the molecule is COc1ccc2c(c1)C=C(C(=O)NCCCCCCCC(=O)O)CO2. The summed E-state index contributed by atoms with van der Waals surface area (Å²) in [5.74, 6) is 0.621. The van der Waals surface area contributed by atoms with Crippen molar-refractivity contribution in [1.29, 1.82) is 0 Å². The van der Waals surface area contributed by atoms with Crippen molar-refractivity contribution in [2.24, 2.45) is 0 Å². The Morgan fingerprint density at radius 2 is 1.96 bits per heavy atom. The van der Waals surface area contributed by atoms with Gasteiger partial charge in [0.2, 0.25) is 0 Å². The second-order valence-electron chi connectivity index (χ2n) is 6.03. The predicted molar refractivity (Wildman–Crippen MR) is 94.8 cm³/mol. The summed E-state index contributed by atoms with van der Waals surface area (Å²) in [6.07, 6.45) is 6.56. The van der Waals surface area contributed by atoms with Gasteiger partial charge in [0, 0.05) is 18.5 Å². The van der Waals surface area contributed by atoms with Crippen LogP contribution in [-0.4, -0.2) is 37.2 Å². The van der Waals surface area contributed by atoms with Crippen molar-refractivity contribution in [1.82, 2.24) is 5.32 Å². The summed E-state index contributed by atoms with van der Waals surface area (Å²) >= 11 is 0. The first kappa shape index (κ1) is 18.8. The van der Waals surface area contributed by atoms with Gasteiger partial charge in [0.15, 0.2) is 0 Å². The van der Waals surface area contributed by atoms with Crippen LogP contribution in [0.4, 0.5) is 0 Å². The number of aliphatic carboxylic acids is 1. The Morgan fingerprint density at radius 1 is 1.20 bits per heavy atom. The topological polar surface area (TPSA) is 84.9 Å². The smallest absolute Gasteiger partial charge is 0.303 e. The molecule has 0 bridgehead atoms. The quantitative estimate of drug-likeness (QED) is 0.636. The lowest BCUT2D eigenvalue weighted by Crippen LogP contribution is -2.29. The molecule has 0 aliphatic carbocycles. The molecule has 2 N–H and O–H groups in total. The van der Waals surface area contributed by atoms with E-state index in [4.69, 9.17) is 14.6 Å². The lowest BCUT2D eigenvalue weighted by molar-refractivity contribution is -0.137. The van der Waals surface area contributed by atoms with Crippen LogP contribution in [0.1, 0.15) is 44.1 Å². The molecule has 6 heteroatoms. The highest BCUT2D eigenvalue weighted by Gasteiger charge is 2.17. The number of carbonyl (C=O) groups is 2. The number of unbranched alkanes of at least 4 members (excludes halogenated alkanes) is 4. The fraction of sp³-hybridized carbons (Fsp3) is 0.474. The molecule has 0 fully saturated rings. The minimum atomic E-state index is -0.741. The molecule has 1 aliphatic heterocycles. The van der Waals surface area contributed by atoms with Crippen molar-refractivity contribution in [3.63, 3.8) is 0 Å². The molecule has 1 aliphatic rings. The van der Waals surface area contributed by atoms with E-state index in [1.54, 1.807) is 7.11 Å². The highest BCUT2D eigenvalue weighted by Crippen LogP contribution is 2.29. The van der Waals surface area contributed by atoms with Gasteiger partial charge in [-0.2, -0.15) is 0 Å². The van der Waals surface area contributed by atoms with Gasteiger partial charge in [-0.05, 0) is 37.1 Å². The summed E-state index contributed by atoms with van der Waals surface area (Å²) in [6, 6.07) is 5.51. The molecule has 1 aromatic carbocycles. The van der Waals surface area contributed by atoms with Crippen molar-refractivity contribution >= 4 is 18.0 Å². The van der Waals surface area contributed by atoms with E-state index < -0.39 is 5.97 Å². The number of benzene rings is 1. The van der Waals surface area contributed by atoms with Crippen LogP contribution in [0.2, 0.25) is 0 Å². The Hall–Kier alpha value is -2.50. The Morgan fingerprint density at radius 3 is 2.72 bits per heavy atom. The molecule has 25 heavy (non-hydrogen) atoms. The van der Waals surface area contributed by atoms with Crippen LogP contribution in [0.15, 0.2) is 23.8 Å². The molecule has 0 radical (unpaired) electrons. The van der Waals surface area contributed by atoms with Gasteiger partial charge in [0.05, 0.1) is 12.7 Å². The third-order valence-corrected chi connectivity index (χ3v) is 4.07. The molecule has 1 amide bonds.